The van der Waals surface area contributed by atoms with Gasteiger partial charge in [0, 0.05) is 20.1 Å². The monoisotopic (exact) mass is 502 g/mol. The second-order valence-electron chi connectivity index (χ2n) is 11.4. The van der Waals surface area contributed by atoms with Gasteiger partial charge in [0.1, 0.15) is 17.2 Å². The number of methoxy groups -OCH3 is 1. The van der Waals surface area contributed by atoms with Crippen molar-refractivity contribution in [2.24, 2.45) is 5.92 Å². The van der Waals surface area contributed by atoms with Gasteiger partial charge in [-0.25, -0.2) is 9.59 Å². The maximum Gasteiger partial charge on any atom is 0.410 e. The molecule has 1 N–H and O–H groups in total. The van der Waals surface area contributed by atoms with Crippen molar-refractivity contribution in [2.45, 2.75) is 90.7 Å². The average Bonchev–Trinajstić information content (AvgIpc) is 3.13. The fourth-order valence-electron chi connectivity index (χ4n) is 4.21. The molecule has 1 aromatic carbocycles. The van der Waals surface area contributed by atoms with Crippen LogP contribution in [0.15, 0.2) is 42.5 Å². The van der Waals surface area contributed by atoms with Crippen LogP contribution >= 0.6 is 0 Å². The van der Waals surface area contributed by atoms with Crippen LogP contribution < -0.4 is 5.32 Å². The van der Waals surface area contributed by atoms with Gasteiger partial charge in [-0.05, 0) is 53.5 Å². The smallest absolute Gasteiger partial charge is 0.410 e. The van der Waals surface area contributed by atoms with Crippen LogP contribution in [0.2, 0.25) is 0 Å². The first-order chi connectivity index (χ1) is 16.6. The fraction of sp³-hybridized carbons (Fsp3) is 0.607. The lowest BCUT2D eigenvalue weighted by atomic mass is 9.93. The number of hydrogen-bond donors (Lipinski definition) is 1. The number of esters is 1. The van der Waals surface area contributed by atoms with Crippen LogP contribution in [0, 0.1) is 5.92 Å². The lowest BCUT2D eigenvalue weighted by Gasteiger charge is -2.35. The molecule has 200 valence electrons. The topological polar surface area (TPSA) is 94.2 Å². The van der Waals surface area contributed by atoms with E-state index >= 15 is 0 Å². The molecule has 2 amide bonds. The van der Waals surface area contributed by atoms with Crippen LogP contribution in [-0.4, -0.2) is 65.9 Å². The van der Waals surface area contributed by atoms with Gasteiger partial charge in [0.25, 0.3) is 0 Å². The summed E-state index contributed by atoms with van der Waals surface area (Å²) in [5.74, 6) is -1.54. The summed E-state index contributed by atoms with van der Waals surface area (Å²) in [4.78, 5) is 40.8. The SMILES string of the molecule is C=C1CC([C@H](OC)[C@@H](C)C(=O)N[C@@H](Cc2ccccc2)C(=O)OC(C)(C)C)N(C(=O)OC(C)(C)C)C1. The molecule has 1 fully saturated rings. The van der Waals surface area contributed by atoms with Gasteiger partial charge < -0.3 is 19.5 Å². The minimum atomic E-state index is -0.875. The maximum atomic E-state index is 13.4. The predicted molar refractivity (Wildman–Crippen MR) is 138 cm³/mol. The molecule has 0 saturated carbocycles. The van der Waals surface area contributed by atoms with Crippen molar-refractivity contribution >= 4 is 18.0 Å². The van der Waals surface area contributed by atoms with E-state index in [1.807, 2.05) is 30.3 Å². The standard InChI is InChI=1S/C28H42N2O6/c1-18-15-22(30(17-18)26(33)36-28(6,7)8)23(34-9)19(2)24(31)29-21(25(32)35-27(3,4)5)16-20-13-11-10-12-14-20/h10-14,19,21-23H,1,15-17H2,2-9H3,(H,29,31)/t19-,21+,22?,23-/m1/s1. The minimum absolute atomic E-state index is 0.288. The number of nitrogens with one attached hydrogen (secondary N) is 1. The van der Waals surface area contributed by atoms with Crippen molar-refractivity contribution in [2.75, 3.05) is 13.7 Å². The van der Waals surface area contributed by atoms with Crippen molar-refractivity contribution < 1.29 is 28.6 Å². The number of ether oxygens (including phenoxy) is 3. The molecule has 0 spiro atoms. The van der Waals surface area contributed by atoms with E-state index in [0.29, 0.717) is 13.0 Å². The minimum Gasteiger partial charge on any atom is -0.458 e. The number of nitrogens with zero attached hydrogens (tertiary/aromatic N) is 1. The molecule has 0 aromatic heterocycles. The molecular formula is C28H42N2O6. The molecule has 2 rings (SSSR count). The third kappa shape index (κ3) is 8.66. The molecule has 1 saturated heterocycles. The molecule has 36 heavy (non-hydrogen) atoms. The molecular weight excluding hydrogens is 460 g/mol. The Morgan fingerprint density at radius 2 is 1.64 bits per heavy atom. The second kappa shape index (κ2) is 11.9. The van der Waals surface area contributed by atoms with Crippen molar-refractivity contribution in [3.8, 4) is 0 Å². The molecule has 4 atom stereocenters. The van der Waals surface area contributed by atoms with E-state index in [1.54, 1.807) is 53.4 Å². The molecule has 0 bridgehead atoms. The van der Waals surface area contributed by atoms with Crippen molar-refractivity contribution in [1.82, 2.24) is 10.2 Å². The van der Waals surface area contributed by atoms with Crippen LogP contribution in [0.5, 0.6) is 0 Å². The van der Waals surface area contributed by atoms with Crippen molar-refractivity contribution in [3.05, 3.63) is 48.0 Å². The number of rotatable bonds is 8. The van der Waals surface area contributed by atoms with E-state index in [4.69, 9.17) is 14.2 Å². The Morgan fingerprint density at radius 3 is 2.17 bits per heavy atom. The Labute approximate surface area is 215 Å². The highest BCUT2D eigenvalue weighted by atomic mass is 16.6. The van der Waals surface area contributed by atoms with Crippen LogP contribution in [-0.2, 0) is 30.2 Å². The first-order valence-electron chi connectivity index (χ1n) is 12.4. The highest BCUT2D eigenvalue weighted by molar-refractivity contribution is 5.86. The van der Waals surface area contributed by atoms with Crippen LogP contribution in [0.3, 0.4) is 0 Å². The first kappa shape index (κ1) is 29.4. The normalized spacial score (nSPS) is 18.8. The molecule has 8 nitrogen and oxygen atoms in total. The van der Waals surface area contributed by atoms with E-state index in [1.165, 1.54) is 7.11 Å². The van der Waals surface area contributed by atoms with Crippen LogP contribution in [0.1, 0.15) is 60.5 Å². The van der Waals surface area contributed by atoms with E-state index in [2.05, 4.69) is 11.9 Å². The van der Waals surface area contributed by atoms with Crippen LogP contribution in [0.25, 0.3) is 0 Å². The number of carbonyl (C=O) groups excluding carboxylic acids is 3. The van der Waals surface area contributed by atoms with Gasteiger partial charge in [-0.1, -0.05) is 49.4 Å². The number of hydrogen-bond acceptors (Lipinski definition) is 6. The average molecular weight is 503 g/mol. The largest absolute Gasteiger partial charge is 0.458 e. The van der Waals surface area contributed by atoms with E-state index in [-0.39, 0.29) is 12.3 Å². The van der Waals surface area contributed by atoms with Gasteiger partial charge in [0.2, 0.25) is 5.91 Å². The Morgan fingerprint density at radius 1 is 1.06 bits per heavy atom. The third-order valence-electron chi connectivity index (χ3n) is 5.77. The summed E-state index contributed by atoms with van der Waals surface area (Å²) in [6, 6.07) is 8.14. The highest BCUT2D eigenvalue weighted by Crippen LogP contribution is 2.30. The number of likely N-dealkylation sites (tertiary alicyclic amines) is 1. The molecule has 1 aromatic rings. The molecule has 1 unspecified atom stereocenters. The number of amides is 2. The molecule has 1 aliphatic rings. The van der Waals surface area contributed by atoms with Gasteiger partial charge in [-0.2, -0.15) is 0 Å². The summed E-state index contributed by atoms with van der Waals surface area (Å²) >= 11 is 0. The lowest BCUT2D eigenvalue weighted by Crippen LogP contribution is -2.53. The predicted octanol–water partition coefficient (Wildman–Crippen LogP) is 4.27. The summed E-state index contributed by atoms with van der Waals surface area (Å²) in [5, 5.41) is 2.87. The summed E-state index contributed by atoms with van der Waals surface area (Å²) in [6.45, 7) is 16.9. The summed E-state index contributed by atoms with van der Waals surface area (Å²) in [6.07, 6.45) is -0.324. The zero-order chi connectivity index (χ0) is 27.3. The molecule has 0 radical (unpaired) electrons. The van der Waals surface area contributed by atoms with Gasteiger partial charge >= 0.3 is 12.1 Å². The lowest BCUT2D eigenvalue weighted by molar-refractivity contribution is -0.159. The third-order valence-corrected chi connectivity index (χ3v) is 5.77. The Hall–Kier alpha value is -2.87. The first-order valence-corrected chi connectivity index (χ1v) is 12.4. The van der Waals surface area contributed by atoms with Gasteiger partial charge in [0.05, 0.1) is 18.1 Å². The maximum absolute atomic E-state index is 13.4. The van der Waals surface area contributed by atoms with E-state index in [9.17, 15) is 14.4 Å². The quantitative estimate of drug-likeness (QED) is 0.421. The summed E-state index contributed by atoms with van der Waals surface area (Å²) in [5.41, 5.74) is 0.397. The van der Waals surface area contributed by atoms with Gasteiger partial charge in [-0.3, -0.25) is 9.69 Å². The van der Waals surface area contributed by atoms with Gasteiger partial charge in [-0.15, -0.1) is 0 Å². The van der Waals surface area contributed by atoms with E-state index < -0.39 is 47.4 Å². The van der Waals surface area contributed by atoms with Crippen LogP contribution in [0.4, 0.5) is 4.79 Å². The Balaban J connectivity index is 2.22. The zero-order valence-corrected chi connectivity index (χ0v) is 22.9. The Kier molecular flexibility index (Phi) is 9.71. The number of carbonyl (C=O) groups is 3. The molecule has 8 heteroatoms. The zero-order valence-electron chi connectivity index (χ0n) is 22.9. The van der Waals surface area contributed by atoms with E-state index in [0.717, 1.165) is 11.1 Å². The molecule has 1 aliphatic heterocycles. The highest BCUT2D eigenvalue weighted by Gasteiger charge is 2.43. The fourth-order valence-corrected chi connectivity index (χ4v) is 4.21. The second-order valence-corrected chi connectivity index (χ2v) is 11.4. The number of benzene rings is 1. The molecule has 1 heterocycles. The molecule has 0 aliphatic carbocycles. The van der Waals surface area contributed by atoms with Crippen molar-refractivity contribution in [1.29, 1.82) is 0 Å². The summed E-state index contributed by atoms with van der Waals surface area (Å²) < 4.78 is 16.9. The summed E-state index contributed by atoms with van der Waals surface area (Å²) in [7, 11) is 1.51. The Bertz CT molecular complexity index is 932. The van der Waals surface area contributed by atoms with Crippen molar-refractivity contribution in [3.63, 3.8) is 0 Å². The van der Waals surface area contributed by atoms with Gasteiger partial charge in [0.15, 0.2) is 0 Å².